The highest BCUT2D eigenvalue weighted by Gasteiger charge is 2.38. The van der Waals surface area contributed by atoms with E-state index in [1.54, 1.807) is 7.11 Å². The first-order valence-corrected chi connectivity index (χ1v) is 6.77. The summed E-state index contributed by atoms with van der Waals surface area (Å²) in [6, 6.07) is 0. The van der Waals surface area contributed by atoms with E-state index in [1.165, 1.54) is 0 Å². The predicted octanol–water partition coefficient (Wildman–Crippen LogP) is 1.45. The van der Waals surface area contributed by atoms with Crippen LogP contribution in [-0.4, -0.2) is 38.3 Å². The number of carbonyl (C=O) groups is 1. The van der Waals surface area contributed by atoms with Gasteiger partial charge in [-0.05, 0) is 45.1 Å². The topological polar surface area (TPSA) is 50.4 Å². The fraction of sp³-hybridized carbons (Fsp3) is 0.923. The molecule has 1 saturated heterocycles. The third-order valence-corrected chi connectivity index (χ3v) is 3.59. The van der Waals surface area contributed by atoms with Crippen molar-refractivity contribution in [1.82, 2.24) is 10.6 Å². The lowest BCUT2D eigenvalue weighted by Crippen LogP contribution is -2.53. The first-order valence-electron chi connectivity index (χ1n) is 6.77. The Balaban J connectivity index is 2.15. The molecule has 1 rings (SSSR count). The Labute approximate surface area is 104 Å². The van der Waals surface area contributed by atoms with Crippen LogP contribution in [0.5, 0.6) is 0 Å². The Kier molecular flexibility index (Phi) is 6.52. The zero-order valence-corrected chi connectivity index (χ0v) is 11.2. The molecule has 100 valence electrons. The van der Waals surface area contributed by atoms with Crippen LogP contribution in [0.3, 0.4) is 0 Å². The molecular formula is C13H26N2O2. The second-order valence-corrected chi connectivity index (χ2v) is 4.78. The average Bonchev–Trinajstić information content (AvgIpc) is 2.83. The molecular weight excluding hydrogens is 216 g/mol. The van der Waals surface area contributed by atoms with Crippen LogP contribution in [0, 0.1) is 0 Å². The summed E-state index contributed by atoms with van der Waals surface area (Å²) in [5, 5.41) is 6.40. The first kappa shape index (κ1) is 14.5. The molecule has 1 atom stereocenters. The Morgan fingerprint density at radius 2 is 2.24 bits per heavy atom. The van der Waals surface area contributed by atoms with Gasteiger partial charge in [-0.3, -0.25) is 4.79 Å². The van der Waals surface area contributed by atoms with E-state index in [2.05, 4.69) is 17.6 Å². The summed E-state index contributed by atoms with van der Waals surface area (Å²) in [5.74, 6) is 0.184. The standard InChI is InChI=1S/C13H26N2O2/c1-3-13(8-7-10-15-13)12(16)14-9-5-4-6-11-17-2/h15H,3-11H2,1-2H3,(H,14,16). The van der Waals surface area contributed by atoms with Crippen LogP contribution in [0.1, 0.15) is 45.4 Å². The van der Waals surface area contributed by atoms with Crippen molar-refractivity contribution >= 4 is 5.91 Å². The van der Waals surface area contributed by atoms with Crippen molar-refractivity contribution in [3.8, 4) is 0 Å². The molecule has 0 radical (unpaired) electrons. The number of ether oxygens (including phenoxy) is 1. The molecule has 0 aromatic carbocycles. The maximum Gasteiger partial charge on any atom is 0.240 e. The number of carbonyl (C=O) groups excluding carboxylic acids is 1. The van der Waals surface area contributed by atoms with E-state index in [0.717, 1.165) is 58.2 Å². The van der Waals surface area contributed by atoms with E-state index in [-0.39, 0.29) is 11.4 Å². The molecule has 4 nitrogen and oxygen atoms in total. The number of amides is 1. The number of hydrogen-bond donors (Lipinski definition) is 2. The Bertz CT molecular complexity index is 225. The lowest BCUT2D eigenvalue weighted by atomic mass is 9.93. The van der Waals surface area contributed by atoms with Crippen molar-refractivity contribution in [2.45, 2.75) is 51.0 Å². The molecule has 1 aliphatic rings. The van der Waals surface area contributed by atoms with E-state index in [0.29, 0.717) is 0 Å². The van der Waals surface area contributed by atoms with Crippen LogP contribution in [-0.2, 0) is 9.53 Å². The monoisotopic (exact) mass is 242 g/mol. The Morgan fingerprint density at radius 3 is 2.82 bits per heavy atom. The van der Waals surface area contributed by atoms with E-state index in [4.69, 9.17) is 4.74 Å². The summed E-state index contributed by atoms with van der Waals surface area (Å²) in [4.78, 5) is 12.1. The van der Waals surface area contributed by atoms with Gasteiger partial charge in [-0.1, -0.05) is 6.92 Å². The zero-order valence-electron chi connectivity index (χ0n) is 11.2. The molecule has 2 N–H and O–H groups in total. The van der Waals surface area contributed by atoms with Gasteiger partial charge in [-0.25, -0.2) is 0 Å². The van der Waals surface area contributed by atoms with E-state index in [1.807, 2.05) is 0 Å². The fourth-order valence-electron chi connectivity index (χ4n) is 2.38. The quantitative estimate of drug-likeness (QED) is 0.633. The number of nitrogens with one attached hydrogen (secondary N) is 2. The van der Waals surface area contributed by atoms with Crippen molar-refractivity contribution in [2.24, 2.45) is 0 Å². The highest BCUT2D eigenvalue weighted by atomic mass is 16.5. The number of methoxy groups -OCH3 is 1. The maximum absolute atomic E-state index is 12.1. The molecule has 0 aliphatic carbocycles. The van der Waals surface area contributed by atoms with Crippen molar-refractivity contribution in [3.63, 3.8) is 0 Å². The van der Waals surface area contributed by atoms with Gasteiger partial charge in [0, 0.05) is 20.3 Å². The summed E-state index contributed by atoms with van der Waals surface area (Å²) >= 11 is 0. The largest absolute Gasteiger partial charge is 0.385 e. The zero-order chi connectivity index (χ0) is 12.6. The normalized spacial score (nSPS) is 23.9. The second kappa shape index (κ2) is 7.67. The molecule has 0 aromatic rings. The highest BCUT2D eigenvalue weighted by Crippen LogP contribution is 2.22. The summed E-state index contributed by atoms with van der Waals surface area (Å²) in [6.45, 7) is 4.64. The van der Waals surface area contributed by atoms with Crippen molar-refractivity contribution in [1.29, 1.82) is 0 Å². The summed E-state index contributed by atoms with van der Waals surface area (Å²) in [7, 11) is 1.72. The van der Waals surface area contributed by atoms with E-state index < -0.39 is 0 Å². The van der Waals surface area contributed by atoms with Gasteiger partial charge >= 0.3 is 0 Å². The van der Waals surface area contributed by atoms with Crippen LogP contribution >= 0.6 is 0 Å². The highest BCUT2D eigenvalue weighted by molar-refractivity contribution is 5.86. The average molecular weight is 242 g/mol. The number of rotatable bonds is 8. The first-order chi connectivity index (χ1) is 8.25. The third-order valence-electron chi connectivity index (χ3n) is 3.59. The third kappa shape index (κ3) is 4.28. The van der Waals surface area contributed by atoms with Gasteiger partial charge in [0.2, 0.25) is 5.91 Å². The predicted molar refractivity (Wildman–Crippen MR) is 69.0 cm³/mol. The lowest BCUT2D eigenvalue weighted by molar-refractivity contribution is -0.127. The summed E-state index contributed by atoms with van der Waals surface area (Å²) < 4.78 is 4.99. The molecule has 1 unspecified atom stereocenters. The van der Waals surface area contributed by atoms with Crippen LogP contribution in [0.15, 0.2) is 0 Å². The number of unbranched alkanes of at least 4 members (excludes halogenated alkanes) is 2. The van der Waals surface area contributed by atoms with Gasteiger partial charge in [0.25, 0.3) is 0 Å². The second-order valence-electron chi connectivity index (χ2n) is 4.78. The minimum absolute atomic E-state index is 0.184. The van der Waals surface area contributed by atoms with Gasteiger partial charge in [0.05, 0.1) is 5.54 Å². The van der Waals surface area contributed by atoms with Gasteiger partial charge in [0.15, 0.2) is 0 Å². The fourth-order valence-corrected chi connectivity index (χ4v) is 2.38. The smallest absolute Gasteiger partial charge is 0.240 e. The van der Waals surface area contributed by atoms with Crippen molar-refractivity contribution < 1.29 is 9.53 Å². The Hall–Kier alpha value is -0.610. The SMILES string of the molecule is CCC1(C(=O)NCCCCCOC)CCCN1. The molecule has 17 heavy (non-hydrogen) atoms. The van der Waals surface area contributed by atoms with Crippen LogP contribution in [0.25, 0.3) is 0 Å². The van der Waals surface area contributed by atoms with Crippen molar-refractivity contribution in [3.05, 3.63) is 0 Å². The minimum Gasteiger partial charge on any atom is -0.385 e. The van der Waals surface area contributed by atoms with Crippen LogP contribution in [0.2, 0.25) is 0 Å². The summed E-state index contributed by atoms with van der Waals surface area (Å²) in [6.07, 6.45) is 6.18. The van der Waals surface area contributed by atoms with Crippen LogP contribution < -0.4 is 10.6 Å². The Morgan fingerprint density at radius 1 is 1.41 bits per heavy atom. The summed E-state index contributed by atoms with van der Waals surface area (Å²) in [5.41, 5.74) is -0.285. The maximum atomic E-state index is 12.1. The molecule has 4 heteroatoms. The van der Waals surface area contributed by atoms with E-state index in [9.17, 15) is 4.79 Å². The molecule has 0 aromatic heterocycles. The van der Waals surface area contributed by atoms with Gasteiger partial charge in [-0.2, -0.15) is 0 Å². The molecule has 1 amide bonds. The number of hydrogen-bond acceptors (Lipinski definition) is 3. The molecule has 0 bridgehead atoms. The van der Waals surface area contributed by atoms with E-state index >= 15 is 0 Å². The molecule has 0 saturated carbocycles. The molecule has 1 fully saturated rings. The van der Waals surface area contributed by atoms with Gasteiger partial charge < -0.3 is 15.4 Å². The van der Waals surface area contributed by atoms with Gasteiger partial charge in [0.1, 0.15) is 0 Å². The lowest BCUT2D eigenvalue weighted by Gasteiger charge is -2.26. The molecule has 1 heterocycles. The molecule has 0 spiro atoms. The van der Waals surface area contributed by atoms with Gasteiger partial charge in [-0.15, -0.1) is 0 Å². The van der Waals surface area contributed by atoms with Crippen molar-refractivity contribution in [2.75, 3.05) is 26.8 Å². The minimum atomic E-state index is -0.285. The molecule has 1 aliphatic heterocycles. The van der Waals surface area contributed by atoms with Crippen LogP contribution in [0.4, 0.5) is 0 Å².